The van der Waals surface area contributed by atoms with Crippen molar-refractivity contribution in [2.45, 2.75) is 31.6 Å². The van der Waals surface area contributed by atoms with E-state index in [1.807, 2.05) is 17.0 Å². The molecule has 3 aromatic carbocycles. The number of anilines is 1. The largest absolute Gasteiger partial charge is 0.381 e. The summed E-state index contributed by atoms with van der Waals surface area (Å²) in [6.07, 6.45) is 0.818. The van der Waals surface area contributed by atoms with Gasteiger partial charge in [-0.3, -0.25) is 4.79 Å². The Kier molecular flexibility index (Phi) is 4.06. The molecule has 2 N–H and O–H groups in total. The first-order chi connectivity index (χ1) is 13.3. The topological polar surface area (TPSA) is 44.4 Å². The Hall–Kier alpha value is -2.85. The lowest BCUT2D eigenvalue weighted by molar-refractivity contribution is -0.133. The van der Waals surface area contributed by atoms with Crippen LogP contribution in [0, 0.1) is 0 Å². The van der Waals surface area contributed by atoms with Crippen LogP contribution in [0.5, 0.6) is 0 Å². The van der Waals surface area contributed by atoms with Crippen LogP contribution < -0.4 is 10.6 Å². The van der Waals surface area contributed by atoms with Gasteiger partial charge in [-0.25, -0.2) is 0 Å². The second kappa shape index (κ2) is 6.71. The molecular weight excluding hydrogens is 334 g/mol. The van der Waals surface area contributed by atoms with Gasteiger partial charge in [0.25, 0.3) is 0 Å². The van der Waals surface area contributed by atoms with Crippen LogP contribution in [-0.4, -0.2) is 29.4 Å². The lowest BCUT2D eigenvalue weighted by atomic mass is 10.1. The van der Waals surface area contributed by atoms with Crippen LogP contribution in [0.15, 0.2) is 66.7 Å². The highest BCUT2D eigenvalue weighted by molar-refractivity contribution is 5.86. The molecule has 2 aliphatic rings. The van der Waals surface area contributed by atoms with Crippen LogP contribution in [0.1, 0.15) is 17.5 Å². The number of nitrogens with zero attached hydrogens (tertiary/aromatic N) is 1. The summed E-state index contributed by atoms with van der Waals surface area (Å²) >= 11 is 0. The van der Waals surface area contributed by atoms with Crippen molar-refractivity contribution in [1.29, 1.82) is 0 Å². The van der Waals surface area contributed by atoms with E-state index in [1.54, 1.807) is 0 Å². The highest BCUT2D eigenvalue weighted by Gasteiger charge is 2.34. The second-order valence-corrected chi connectivity index (χ2v) is 7.56. The predicted octanol–water partition coefficient (Wildman–Crippen LogP) is 3.52. The zero-order valence-corrected chi connectivity index (χ0v) is 15.2. The number of hydrogen-bond acceptors (Lipinski definition) is 3. The van der Waals surface area contributed by atoms with Crippen LogP contribution in [0.4, 0.5) is 5.69 Å². The van der Waals surface area contributed by atoms with E-state index in [9.17, 15) is 4.79 Å². The summed E-state index contributed by atoms with van der Waals surface area (Å²) in [5, 5.41) is 9.48. The molecule has 4 heteroatoms. The zero-order valence-electron chi connectivity index (χ0n) is 15.2. The van der Waals surface area contributed by atoms with Gasteiger partial charge >= 0.3 is 0 Å². The normalized spacial score (nSPS) is 21.4. The molecule has 0 unspecified atom stereocenters. The SMILES string of the molecule is O=C([C@@H]1C[C@@H](Nc2ccc3ccccc3c2)CN1)N1Cc2ccccc2C1. The van der Waals surface area contributed by atoms with Crippen molar-refractivity contribution in [3.63, 3.8) is 0 Å². The van der Waals surface area contributed by atoms with Crippen LogP contribution >= 0.6 is 0 Å². The molecule has 0 radical (unpaired) electrons. The van der Waals surface area contributed by atoms with Gasteiger partial charge in [0.05, 0.1) is 6.04 Å². The Morgan fingerprint density at radius 2 is 1.63 bits per heavy atom. The Morgan fingerprint density at radius 1 is 0.926 bits per heavy atom. The summed E-state index contributed by atoms with van der Waals surface area (Å²) in [5.41, 5.74) is 3.66. The van der Waals surface area contributed by atoms with E-state index in [2.05, 4.69) is 65.2 Å². The van der Waals surface area contributed by atoms with Crippen molar-refractivity contribution < 1.29 is 4.79 Å². The van der Waals surface area contributed by atoms with E-state index in [4.69, 9.17) is 0 Å². The third-order valence-corrected chi connectivity index (χ3v) is 5.70. The van der Waals surface area contributed by atoms with Gasteiger partial charge in [0, 0.05) is 31.4 Å². The average Bonchev–Trinajstić information content (AvgIpc) is 3.34. The molecule has 2 aliphatic heterocycles. The molecule has 1 amide bonds. The van der Waals surface area contributed by atoms with Crippen molar-refractivity contribution in [1.82, 2.24) is 10.2 Å². The molecule has 27 heavy (non-hydrogen) atoms. The molecule has 3 aromatic rings. The van der Waals surface area contributed by atoms with E-state index in [0.717, 1.165) is 31.7 Å². The van der Waals surface area contributed by atoms with E-state index >= 15 is 0 Å². The third kappa shape index (κ3) is 3.17. The number of carbonyl (C=O) groups excluding carboxylic acids is 1. The molecule has 0 bridgehead atoms. The van der Waals surface area contributed by atoms with E-state index in [1.165, 1.54) is 21.9 Å². The molecule has 5 rings (SSSR count). The number of amides is 1. The standard InChI is InChI=1S/C23H23N3O/c27-23(26-14-18-7-3-4-8-19(18)15-26)22-12-21(13-24-22)25-20-10-9-16-5-1-2-6-17(16)11-20/h1-11,21-22,24-25H,12-15H2/t21-,22+/m1/s1. The monoisotopic (exact) mass is 357 g/mol. The Morgan fingerprint density at radius 3 is 2.41 bits per heavy atom. The third-order valence-electron chi connectivity index (χ3n) is 5.70. The summed E-state index contributed by atoms with van der Waals surface area (Å²) < 4.78 is 0. The molecular formula is C23H23N3O. The summed E-state index contributed by atoms with van der Waals surface area (Å²) in [6, 6.07) is 23.3. The van der Waals surface area contributed by atoms with Crippen molar-refractivity contribution in [2.24, 2.45) is 0 Å². The van der Waals surface area contributed by atoms with Crippen LogP contribution in [0.3, 0.4) is 0 Å². The highest BCUT2D eigenvalue weighted by Crippen LogP contribution is 2.25. The lowest BCUT2D eigenvalue weighted by Gasteiger charge is -2.20. The van der Waals surface area contributed by atoms with Gasteiger partial charge in [-0.1, -0.05) is 54.6 Å². The zero-order chi connectivity index (χ0) is 18.2. The number of rotatable bonds is 3. The number of hydrogen-bond donors (Lipinski definition) is 2. The summed E-state index contributed by atoms with van der Waals surface area (Å²) in [6.45, 7) is 2.27. The predicted molar refractivity (Wildman–Crippen MR) is 108 cm³/mol. The molecule has 2 heterocycles. The van der Waals surface area contributed by atoms with Crippen LogP contribution in [-0.2, 0) is 17.9 Å². The maximum atomic E-state index is 12.9. The first kappa shape index (κ1) is 16.3. The molecule has 0 spiro atoms. The van der Waals surface area contributed by atoms with Crippen molar-refractivity contribution in [3.05, 3.63) is 77.9 Å². The van der Waals surface area contributed by atoms with E-state index in [-0.39, 0.29) is 18.0 Å². The molecule has 2 atom stereocenters. The summed E-state index contributed by atoms with van der Waals surface area (Å²) in [5.74, 6) is 0.217. The minimum atomic E-state index is -0.0998. The maximum Gasteiger partial charge on any atom is 0.240 e. The van der Waals surface area contributed by atoms with Gasteiger partial charge in [0.1, 0.15) is 0 Å². The number of fused-ring (bicyclic) bond motifs is 2. The fraction of sp³-hybridized carbons (Fsp3) is 0.261. The Labute approximate surface area is 159 Å². The number of nitrogens with one attached hydrogen (secondary N) is 2. The van der Waals surface area contributed by atoms with Gasteiger partial charge in [0.2, 0.25) is 5.91 Å². The van der Waals surface area contributed by atoms with E-state index in [0.29, 0.717) is 0 Å². The summed E-state index contributed by atoms with van der Waals surface area (Å²) in [7, 11) is 0. The molecule has 1 saturated heterocycles. The average molecular weight is 357 g/mol. The summed E-state index contributed by atoms with van der Waals surface area (Å²) in [4.78, 5) is 14.9. The van der Waals surface area contributed by atoms with Crippen LogP contribution in [0.2, 0.25) is 0 Å². The molecule has 0 saturated carbocycles. The fourth-order valence-corrected chi connectivity index (χ4v) is 4.26. The van der Waals surface area contributed by atoms with Gasteiger partial charge in [0.15, 0.2) is 0 Å². The van der Waals surface area contributed by atoms with Crippen molar-refractivity contribution in [2.75, 3.05) is 11.9 Å². The fourth-order valence-electron chi connectivity index (χ4n) is 4.26. The first-order valence-corrected chi connectivity index (χ1v) is 9.60. The molecule has 0 aromatic heterocycles. The van der Waals surface area contributed by atoms with Gasteiger partial charge in [-0.05, 0) is 40.5 Å². The smallest absolute Gasteiger partial charge is 0.240 e. The first-order valence-electron chi connectivity index (χ1n) is 9.60. The lowest BCUT2D eigenvalue weighted by Crippen LogP contribution is -2.40. The second-order valence-electron chi connectivity index (χ2n) is 7.56. The van der Waals surface area contributed by atoms with Gasteiger partial charge in [-0.15, -0.1) is 0 Å². The minimum Gasteiger partial charge on any atom is -0.381 e. The number of carbonyl (C=O) groups is 1. The van der Waals surface area contributed by atoms with Crippen molar-refractivity contribution >= 4 is 22.4 Å². The molecule has 0 aliphatic carbocycles. The quantitative estimate of drug-likeness (QED) is 0.754. The molecule has 1 fully saturated rings. The Bertz CT molecular complexity index is 975. The van der Waals surface area contributed by atoms with Gasteiger partial charge < -0.3 is 15.5 Å². The molecule has 4 nitrogen and oxygen atoms in total. The van der Waals surface area contributed by atoms with Gasteiger partial charge in [-0.2, -0.15) is 0 Å². The van der Waals surface area contributed by atoms with Crippen molar-refractivity contribution in [3.8, 4) is 0 Å². The maximum absolute atomic E-state index is 12.9. The van der Waals surface area contributed by atoms with E-state index < -0.39 is 0 Å². The highest BCUT2D eigenvalue weighted by atomic mass is 16.2. The molecule has 136 valence electrons. The Balaban J connectivity index is 1.23. The van der Waals surface area contributed by atoms with Crippen LogP contribution in [0.25, 0.3) is 10.8 Å². The number of benzene rings is 3. The minimum absolute atomic E-state index is 0.0998.